The van der Waals surface area contributed by atoms with Crippen molar-refractivity contribution in [3.05, 3.63) is 35.4 Å². The largest absolute Gasteiger partial charge is 0.416 e. The molecule has 88 valence electrons. The first-order valence-electron chi connectivity index (χ1n) is 5.32. The van der Waals surface area contributed by atoms with Crippen molar-refractivity contribution in [2.45, 2.75) is 31.5 Å². The summed E-state index contributed by atoms with van der Waals surface area (Å²) >= 11 is 0. The molecule has 2 rings (SSSR count). The van der Waals surface area contributed by atoms with Gasteiger partial charge in [-0.05, 0) is 29.9 Å². The van der Waals surface area contributed by atoms with Crippen LogP contribution in [0.15, 0.2) is 24.3 Å². The molecular formula is C12H14F3N. The standard InChI is InChI=1S/C12H14F3N/c1-7-10(6-11(7)16)8-3-2-4-9(5-8)12(13,14)15/h2-5,7,10-11H,6,16H2,1H3. The van der Waals surface area contributed by atoms with Gasteiger partial charge in [0.2, 0.25) is 0 Å². The second kappa shape index (κ2) is 3.77. The van der Waals surface area contributed by atoms with E-state index >= 15 is 0 Å². The summed E-state index contributed by atoms with van der Waals surface area (Å²) in [6, 6.07) is 5.69. The first-order chi connectivity index (χ1) is 7.39. The molecule has 2 N–H and O–H groups in total. The van der Waals surface area contributed by atoms with Gasteiger partial charge in [-0.1, -0.05) is 25.1 Å². The lowest BCUT2D eigenvalue weighted by Gasteiger charge is -2.41. The number of alkyl halides is 3. The number of benzene rings is 1. The fourth-order valence-electron chi connectivity index (χ4n) is 2.21. The van der Waals surface area contributed by atoms with Gasteiger partial charge in [0.05, 0.1) is 5.56 Å². The van der Waals surface area contributed by atoms with E-state index in [4.69, 9.17) is 5.73 Å². The summed E-state index contributed by atoms with van der Waals surface area (Å²) in [6.45, 7) is 1.99. The van der Waals surface area contributed by atoms with E-state index in [0.717, 1.165) is 18.1 Å². The molecule has 3 unspecified atom stereocenters. The number of rotatable bonds is 1. The van der Waals surface area contributed by atoms with Gasteiger partial charge in [0.1, 0.15) is 0 Å². The minimum Gasteiger partial charge on any atom is -0.327 e. The normalized spacial score (nSPS) is 29.9. The van der Waals surface area contributed by atoms with Crippen LogP contribution in [-0.4, -0.2) is 6.04 Å². The van der Waals surface area contributed by atoms with Gasteiger partial charge in [0, 0.05) is 6.04 Å². The average molecular weight is 229 g/mol. The van der Waals surface area contributed by atoms with E-state index in [2.05, 4.69) is 0 Å². The third kappa shape index (κ3) is 1.94. The van der Waals surface area contributed by atoms with E-state index in [9.17, 15) is 13.2 Å². The van der Waals surface area contributed by atoms with Crippen molar-refractivity contribution in [3.63, 3.8) is 0 Å². The van der Waals surface area contributed by atoms with Gasteiger partial charge in [0.15, 0.2) is 0 Å². The third-order valence-corrected chi connectivity index (χ3v) is 3.48. The lowest BCUT2D eigenvalue weighted by Crippen LogP contribution is -2.44. The fourth-order valence-corrected chi connectivity index (χ4v) is 2.21. The molecule has 1 saturated carbocycles. The Hall–Kier alpha value is -1.03. The molecule has 1 aliphatic rings. The summed E-state index contributed by atoms with van der Waals surface area (Å²) in [6.07, 6.45) is -3.48. The molecule has 4 heteroatoms. The van der Waals surface area contributed by atoms with Crippen LogP contribution in [0.3, 0.4) is 0 Å². The lowest BCUT2D eigenvalue weighted by atomic mass is 9.67. The molecule has 16 heavy (non-hydrogen) atoms. The topological polar surface area (TPSA) is 26.0 Å². The first-order valence-corrected chi connectivity index (χ1v) is 5.32. The lowest BCUT2D eigenvalue weighted by molar-refractivity contribution is -0.137. The predicted molar refractivity (Wildman–Crippen MR) is 55.9 cm³/mol. The van der Waals surface area contributed by atoms with Crippen LogP contribution in [0, 0.1) is 5.92 Å². The highest BCUT2D eigenvalue weighted by molar-refractivity contribution is 5.30. The monoisotopic (exact) mass is 229 g/mol. The molecule has 0 saturated heterocycles. The number of halogens is 3. The van der Waals surface area contributed by atoms with E-state index < -0.39 is 11.7 Å². The zero-order valence-electron chi connectivity index (χ0n) is 8.96. The Morgan fingerprint density at radius 1 is 1.31 bits per heavy atom. The van der Waals surface area contributed by atoms with Crippen molar-refractivity contribution in [1.82, 2.24) is 0 Å². The molecule has 3 atom stereocenters. The van der Waals surface area contributed by atoms with Gasteiger partial charge in [-0.2, -0.15) is 13.2 Å². The Labute approximate surface area is 92.5 Å². The van der Waals surface area contributed by atoms with Crippen LogP contribution in [0.1, 0.15) is 30.4 Å². The summed E-state index contributed by atoms with van der Waals surface area (Å²) in [4.78, 5) is 0. The van der Waals surface area contributed by atoms with E-state index in [1.54, 1.807) is 6.07 Å². The van der Waals surface area contributed by atoms with E-state index in [1.165, 1.54) is 12.1 Å². The third-order valence-electron chi connectivity index (χ3n) is 3.48. The maximum absolute atomic E-state index is 12.5. The minimum atomic E-state index is -4.26. The molecule has 0 amide bonds. The van der Waals surface area contributed by atoms with Crippen LogP contribution in [0.5, 0.6) is 0 Å². The predicted octanol–water partition coefficient (Wildman–Crippen LogP) is 3.16. The average Bonchev–Trinajstić information content (AvgIpc) is 2.24. The van der Waals surface area contributed by atoms with E-state index in [0.29, 0.717) is 0 Å². The van der Waals surface area contributed by atoms with Crippen molar-refractivity contribution < 1.29 is 13.2 Å². The molecule has 0 bridgehead atoms. The molecule has 1 fully saturated rings. The number of hydrogen-bond acceptors (Lipinski definition) is 1. The molecule has 0 spiro atoms. The van der Waals surface area contributed by atoms with Gasteiger partial charge in [-0.3, -0.25) is 0 Å². The molecule has 1 aromatic rings. The van der Waals surface area contributed by atoms with Gasteiger partial charge < -0.3 is 5.73 Å². The maximum atomic E-state index is 12.5. The zero-order valence-corrected chi connectivity index (χ0v) is 8.96. The Bertz CT molecular complexity index is 386. The minimum absolute atomic E-state index is 0.125. The smallest absolute Gasteiger partial charge is 0.327 e. The molecule has 0 aliphatic heterocycles. The summed E-state index contributed by atoms with van der Waals surface area (Å²) in [5, 5.41) is 0. The number of nitrogens with two attached hydrogens (primary N) is 1. The van der Waals surface area contributed by atoms with Crippen LogP contribution in [0.25, 0.3) is 0 Å². The maximum Gasteiger partial charge on any atom is 0.416 e. The van der Waals surface area contributed by atoms with Crippen LogP contribution in [0.2, 0.25) is 0 Å². The highest BCUT2D eigenvalue weighted by Gasteiger charge is 2.37. The van der Waals surface area contributed by atoms with Crippen molar-refractivity contribution in [1.29, 1.82) is 0 Å². The van der Waals surface area contributed by atoms with Crippen LogP contribution in [0.4, 0.5) is 13.2 Å². The molecule has 0 aromatic heterocycles. The molecule has 0 heterocycles. The Kier molecular flexibility index (Phi) is 2.70. The van der Waals surface area contributed by atoms with Crippen LogP contribution in [-0.2, 0) is 6.18 Å². The van der Waals surface area contributed by atoms with E-state index in [-0.39, 0.29) is 17.9 Å². The molecule has 1 aliphatic carbocycles. The second-order valence-corrected chi connectivity index (χ2v) is 4.49. The fraction of sp³-hybridized carbons (Fsp3) is 0.500. The SMILES string of the molecule is CC1C(N)CC1c1cccc(C(F)(F)F)c1. The molecule has 0 radical (unpaired) electrons. The Morgan fingerprint density at radius 2 is 2.00 bits per heavy atom. The first kappa shape index (κ1) is 11.5. The molecule has 1 nitrogen and oxygen atoms in total. The van der Waals surface area contributed by atoms with E-state index in [1.807, 2.05) is 6.92 Å². The zero-order chi connectivity index (χ0) is 11.9. The summed E-state index contributed by atoms with van der Waals surface area (Å²) < 4.78 is 37.5. The Morgan fingerprint density at radius 3 is 2.50 bits per heavy atom. The van der Waals surface area contributed by atoms with Crippen molar-refractivity contribution in [3.8, 4) is 0 Å². The van der Waals surface area contributed by atoms with Crippen molar-refractivity contribution >= 4 is 0 Å². The quantitative estimate of drug-likeness (QED) is 0.786. The molecule has 1 aromatic carbocycles. The highest BCUT2D eigenvalue weighted by atomic mass is 19.4. The summed E-state index contributed by atoms with van der Waals surface area (Å²) in [5.74, 6) is 0.445. The summed E-state index contributed by atoms with van der Waals surface area (Å²) in [5.41, 5.74) is 5.93. The Balaban J connectivity index is 2.24. The van der Waals surface area contributed by atoms with Crippen LogP contribution >= 0.6 is 0 Å². The van der Waals surface area contributed by atoms with Gasteiger partial charge >= 0.3 is 6.18 Å². The van der Waals surface area contributed by atoms with Crippen molar-refractivity contribution in [2.24, 2.45) is 11.7 Å². The van der Waals surface area contributed by atoms with Gasteiger partial charge in [0.25, 0.3) is 0 Å². The van der Waals surface area contributed by atoms with Crippen molar-refractivity contribution in [2.75, 3.05) is 0 Å². The highest BCUT2D eigenvalue weighted by Crippen LogP contribution is 2.42. The number of hydrogen-bond donors (Lipinski definition) is 1. The second-order valence-electron chi connectivity index (χ2n) is 4.49. The van der Waals surface area contributed by atoms with Crippen LogP contribution < -0.4 is 5.73 Å². The van der Waals surface area contributed by atoms with Gasteiger partial charge in [-0.25, -0.2) is 0 Å². The van der Waals surface area contributed by atoms with Gasteiger partial charge in [-0.15, -0.1) is 0 Å². The summed E-state index contributed by atoms with van der Waals surface area (Å²) in [7, 11) is 0. The molecular weight excluding hydrogens is 215 g/mol.